The van der Waals surface area contributed by atoms with Crippen molar-refractivity contribution in [3.63, 3.8) is 0 Å². The first kappa shape index (κ1) is 17.6. The minimum absolute atomic E-state index is 0.0357. The second kappa shape index (κ2) is 7.80. The molecule has 3 rings (SSSR count). The van der Waals surface area contributed by atoms with Crippen LogP contribution in [-0.2, 0) is 9.53 Å². The van der Waals surface area contributed by atoms with E-state index in [0.717, 1.165) is 36.1 Å². The molecule has 1 amide bonds. The standard InChI is InChI=1S/C18H21ClN4O2/c1-25-11-16(24)23-9-3-2-4-15(23)17-14(10-21-18(20)22-17)12-5-7-13(19)8-6-12/h5-8,10,15H,2-4,9,11H2,1H3,(H2,20,21,22)/t15-/m0/s1. The lowest BCUT2D eigenvalue weighted by atomic mass is 9.94. The first-order valence-electron chi connectivity index (χ1n) is 8.27. The maximum absolute atomic E-state index is 12.5. The molecule has 1 aliphatic heterocycles. The number of likely N-dealkylation sites (tertiary alicyclic amines) is 1. The van der Waals surface area contributed by atoms with Crippen molar-refractivity contribution in [2.24, 2.45) is 0 Å². The molecule has 2 aromatic rings. The Kier molecular flexibility index (Phi) is 5.50. The van der Waals surface area contributed by atoms with Crippen molar-refractivity contribution in [2.45, 2.75) is 25.3 Å². The van der Waals surface area contributed by atoms with Crippen molar-refractivity contribution in [2.75, 3.05) is 26.0 Å². The number of hydrogen-bond donors (Lipinski definition) is 1. The maximum Gasteiger partial charge on any atom is 0.249 e. The van der Waals surface area contributed by atoms with Gasteiger partial charge in [0.15, 0.2) is 0 Å². The zero-order valence-electron chi connectivity index (χ0n) is 14.1. The number of amides is 1. The van der Waals surface area contributed by atoms with E-state index in [1.54, 1.807) is 6.20 Å². The third-order valence-electron chi connectivity index (χ3n) is 4.40. The highest BCUT2D eigenvalue weighted by molar-refractivity contribution is 6.30. The number of halogens is 1. The highest BCUT2D eigenvalue weighted by Crippen LogP contribution is 2.36. The van der Waals surface area contributed by atoms with Gasteiger partial charge in [-0.05, 0) is 37.0 Å². The van der Waals surface area contributed by atoms with Gasteiger partial charge in [0.1, 0.15) is 6.61 Å². The van der Waals surface area contributed by atoms with Gasteiger partial charge in [0.05, 0.1) is 11.7 Å². The van der Waals surface area contributed by atoms with Crippen LogP contribution in [0.3, 0.4) is 0 Å². The number of benzene rings is 1. The molecule has 7 heteroatoms. The van der Waals surface area contributed by atoms with E-state index in [0.29, 0.717) is 11.6 Å². The Hall–Kier alpha value is -2.18. The fraction of sp³-hybridized carbons (Fsp3) is 0.389. The third kappa shape index (κ3) is 3.91. The second-order valence-corrected chi connectivity index (χ2v) is 6.50. The number of aromatic nitrogens is 2. The van der Waals surface area contributed by atoms with E-state index in [-0.39, 0.29) is 24.5 Å². The smallest absolute Gasteiger partial charge is 0.249 e. The topological polar surface area (TPSA) is 81.3 Å². The van der Waals surface area contributed by atoms with E-state index >= 15 is 0 Å². The van der Waals surface area contributed by atoms with Gasteiger partial charge in [0, 0.05) is 30.4 Å². The van der Waals surface area contributed by atoms with Crippen LogP contribution in [0.5, 0.6) is 0 Å². The predicted molar refractivity (Wildman–Crippen MR) is 97.1 cm³/mol. The lowest BCUT2D eigenvalue weighted by Gasteiger charge is -2.36. The quantitative estimate of drug-likeness (QED) is 0.906. The van der Waals surface area contributed by atoms with Crippen LogP contribution >= 0.6 is 11.6 Å². The number of ether oxygens (including phenoxy) is 1. The Morgan fingerprint density at radius 1 is 1.36 bits per heavy atom. The van der Waals surface area contributed by atoms with E-state index in [9.17, 15) is 4.79 Å². The molecule has 1 saturated heterocycles. The van der Waals surface area contributed by atoms with Crippen LogP contribution in [-0.4, -0.2) is 41.0 Å². The number of nitrogen functional groups attached to an aromatic ring is 1. The molecule has 0 saturated carbocycles. The van der Waals surface area contributed by atoms with Crippen molar-refractivity contribution in [1.82, 2.24) is 14.9 Å². The summed E-state index contributed by atoms with van der Waals surface area (Å²) in [6.07, 6.45) is 4.56. The lowest BCUT2D eigenvalue weighted by molar-refractivity contribution is -0.139. The monoisotopic (exact) mass is 360 g/mol. The lowest BCUT2D eigenvalue weighted by Crippen LogP contribution is -2.41. The van der Waals surface area contributed by atoms with Gasteiger partial charge in [0.25, 0.3) is 0 Å². The summed E-state index contributed by atoms with van der Waals surface area (Å²) in [4.78, 5) is 22.9. The number of rotatable bonds is 4. The number of carbonyl (C=O) groups excluding carboxylic acids is 1. The number of carbonyl (C=O) groups is 1. The zero-order valence-corrected chi connectivity index (χ0v) is 14.9. The Bertz CT molecular complexity index is 751. The number of piperidine rings is 1. The second-order valence-electron chi connectivity index (χ2n) is 6.07. The van der Waals surface area contributed by atoms with Gasteiger partial charge >= 0.3 is 0 Å². The van der Waals surface area contributed by atoms with Crippen molar-refractivity contribution < 1.29 is 9.53 Å². The van der Waals surface area contributed by atoms with Gasteiger partial charge in [-0.2, -0.15) is 0 Å². The number of hydrogen-bond acceptors (Lipinski definition) is 5. The molecule has 2 N–H and O–H groups in total. The Balaban J connectivity index is 2.03. The normalized spacial score (nSPS) is 17.5. The molecule has 1 atom stereocenters. The molecule has 1 aromatic heterocycles. The SMILES string of the molecule is COCC(=O)N1CCCC[C@H]1c1nc(N)ncc1-c1ccc(Cl)cc1. The Labute approximate surface area is 152 Å². The van der Waals surface area contributed by atoms with Crippen LogP contribution in [0, 0.1) is 0 Å². The zero-order chi connectivity index (χ0) is 17.8. The summed E-state index contributed by atoms with van der Waals surface area (Å²) < 4.78 is 5.03. The molecule has 1 aromatic carbocycles. The van der Waals surface area contributed by atoms with Crippen molar-refractivity contribution in [3.05, 3.63) is 41.2 Å². The van der Waals surface area contributed by atoms with Crippen molar-refractivity contribution >= 4 is 23.5 Å². The maximum atomic E-state index is 12.5. The Morgan fingerprint density at radius 2 is 2.12 bits per heavy atom. The highest BCUT2D eigenvalue weighted by atomic mass is 35.5. The summed E-state index contributed by atoms with van der Waals surface area (Å²) in [5.41, 5.74) is 8.44. The number of methoxy groups -OCH3 is 1. The van der Waals surface area contributed by atoms with E-state index < -0.39 is 0 Å². The molecular weight excluding hydrogens is 340 g/mol. The molecule has 1 aliphatic rings. The van der Waals surface area contributed by atoms with Crippen LogP contribution < -0.4 is 5.73 Å². The number of nitrogens with zero attached hydrogens (tertiary/aromatic N) is 3. The van der Waals surface area contributed by atoms with E-state index in [1.807, 2.05) is 29.2 Å². The van der Waals surface area contributed by atoms with E-state index in [1.165, 1.54) is 7.11 Å². The molecule has 0 bridgehead atoms. The van der Waals surface area contributed by atoms with Crippen molar-refractivity contribution in [1.29, 1.82) is 0 Å². The molecule has 1 fully saturated rings. The van der Waals surface area contributed by atoms with Gasteiger partial charge < -0.3 is 15.4 Å². The predicted octanol–water partition coefficient (Wildman–Crippen LogP) is 3.08. The molecule has 2 heterocycles. The van der Waals surface area contributed by atoms with E-state index in [4.69, 9.17) is 22.1 Å². The molecule has 0 unspecified atom stereocenters. The highest BCUT2D eigenvalue weighted by Gasteiger charge is 2.31. The average molecular weight is 361 g/mol. The first-order valence-corrected chi connectivity index (χ1v) is 8.64. The van der Waals surface area contributed by atoms with Gasteiger partial charge in [0.2, 0.25) is 11.9 Å². The van der Waals surface area contributed by atoms with Crippen LogP contribution in [0.4, 0.5) is 5.95 Å². The fourth-order valence-corrected chi connectivity index (χ4v) is 3.36. The summed E-state index contributed by atoms with van der Waals surface area (Å²) in [5, 5.41) is 0.663. The van der Waals surface area contributed by atoms with E-state index in [2.05, 4.69) is 9.97 Å². The third-order valence-corrected chi connectivity index (χ3v) is 4.65. The largest absolute Gasteiger partial charge is 0.375 e. The summed E-state index contributed by atoms with van der Waals surface area (Å²) in [7, 11) is 1.53. The molecular formula is C18H21ClN4O2. The molecule has 25 heavy (non-hydrogen) atoms. The molecule has 0 radical (unpaired) electrons. The Morgan fingerprint density at radius 3 is 2.84 bits per heavy atom. The van der Waals surface area contributed by atoms with Gasteiger partial charge in [-0.1, -0.05) is 23.7 Å². The molecule has 6 nitrogen and oxygen atoms in total. The van der Waals surface area contributed by atoms with Crippen LogP contribution in [0.25, 0.3) is 11.1 Å². The fourth-order valence-electron chi connectivity index (χ4n) is 3.24. The molecule has 0 aliphatic carbocycles. The number of anilines is 1. The number of nitrogens with two attached hydrogens (primary N) is 1. The summed E-state index contributed by atoms with van der Waals surface area (Å²) >= 11 is 5.99. The molecule has 132 valence electrons. The van der Waals surface area contributed by atoms with Gasteiger partial charge in [-0.25, -0.2) is 9.97 Å². The first-order chi connectivity index (χ1) is 12.1. The van der Waals surface area contributed by atoms with Crippen LogP contribution in [0.2, 0.25) is 5.02 Å². The summed E-state index contributed by atoms with van der Waals surface area (Å²) in [5.74, 6) is 0.170. The van der Waals surface area contributed by atoms with Crippen LogP contribution in [0.1, 0.15) is 31.0 Å². The molecule has 0 spiro atoms. The van der Waals surface area contributed by atoms with Crippen molar-refractivity contribution in [3.8, 4) is 11.1 Å². The average Bonchev–Trinajstić information content (AvgIpc) is 2.63. The minimum Gasteiger partial charge on any atom is -0.375 e. The van der Waals surface area contributed by atoms with Gasteiger partial charge in [-0.3, -0.25) is 4.79 Å². The van der Waals surface area contributed by atoms with Crippen LogP contribution in [0.15, 0.2) is 30.5 Å². The van der Waals surface area contributed by atoms with Gasteiger partial charge in [-0.15, -0.1) is 0 Å². The summed E-state index contributed by atoms with van der Waals surface area (Å²) in [6.45, 7) is 0.754. The summed E-state index contributed by atoms with van der Waals surface area (Å²) in [6, 6.07) is 7.36. The minimum atomic E-state index is -0.132.